The number of hydrogen-bond donors (Lipinski definition) is 2. The van der Waals surface area contributed by atoms with E-state index < -0.39 is 5.97 Å². The fourth-order valence-electron chi connectivity index (χ4n) is 2.63. The second-order valence-corrected chi connectivity index (χ2v) is 6.74. The molecule has 0 spiro atoms. The first-order valence-electron chi connectivity index (χ1n) is 7.30. The molecule has 1 aliphatic carbocycles. The van der Waals surface area contributed by atoms with E-state index in [4.69, 9.17) is 5.11 Å². The highest BCUT2D eigenvalue weighted by Gasteiger charge is 2.28. The van der Waals surface area contributed by atoms with Gasteiger partial charge in [-0.1, -0.05) is 40.0 Å². The third-order valence-electron chi connectivity index (χ3n) is 4.14. The molecule has 0 aromatic heterocycles. The Kier molecular flexibility index (Phi) is 5.83. The highest BCUT2D eigenvalue weighted by atomic mass is 16.4. The zero-order valence-electron chi connectivity index (χ0n) is 12.4. The van der Waals surface area contributed by atoms with Crippen molar-refractivity contribution in [1.82, 2.24) is 5.32 Å². The van der Waals surface area contributed by atoms with Gasteiger partial charge in [-0.05, 0) is 24.2 Å². The van der Waals surface area contributed by atoms with Gasteiger partial charge in [0.1, 0.15) is 0 Å². The third-order valence-corrected chi connectivity index (χ3v) is 4.14. The van der Waals surface area contributed by atoms with Gasteiger partial charge in [-0.25, -0.2) is 0 Å². The van der Waals surface area contributed by atoms with Crippen LogP contribution in [0.4, 0.5) is 0 Å². The van der Waals surface area contributed by atoms with E-state index >= 15 is 0 Å². The van der Waals surface area contributed by atoms with Crippen LogP contribution in [0.2, 0.25) is 0 Å². The minimum Gasteiger partial charge on any atom is -0.481 e. The number of hydrogen-bond acceptors (Lipinski definition) is 2. The molecule has 1 unspecified atom stereocenters. The van der Waals surface area contributed by atoms with Crippen LogP contribution < -0.4 is 5.32 Å². The molecule has 0 aliphatic heterocycles. The Hall–Kier alpha value is -1.06. The first kappa shape index (κ1) is 16.0. The summed E-state index contributed by atoms with van der Waals surface area (Å²) in [7, 11) is 0. The number of amides is 1. The molecule has 1 atom stereocenters. The van der Waals surface area contributed by atoms with Crippen molar-refractivity contribution in [2.75, 3.05) is 6.54 Å². The predicted octanol–water partition coefficient (Wildman–Crippen LogP) is 2.82. The van der Waals surface area contributed by atoms with Crippen LogP contribution in [0.25, 0.3) is 0 Å². The highest BCUT2D eigenvalue weighted by molar-refractivity contribution is 5.78. The summed E-state index contributed by atoms with van der Waals surface area (Å²) < 4.78 is 0. The van der Waals surface area contributed by atoms with E-state index in [2.05, 4.69) is 5.32 Å². The summed E-state index contributed by atoms with van der Waals surface area (Å²) in [4.78, 5) is 22.9. The Morgan fingerprint density at radius 1 is 1.21 bits per heavy atom. The molecule has 1 amide bonds. The summed E-state index contributed by atoms with van der Waals surface area (Å²) in [5, 5.41) is 11.9. The maximum atomic E-state index is 12.1. The van der Waals surface area contributed by atoms with Crippen molar-refractivity contribution in [2.45, 2.75) is 59.3 Å². The van der Waals surface area contributed by atoms with Crippen LogP contribution in [0.5, 0.6) is 0 Å². The van der Waals surface area contributed by atoms with Gasteiger partial charge in [-0.15, -0.1) is 0 Å². The van der Waals surface area contributed by atoms with Crippen LogP contribution >= 0.6 is 0 Å². The van der Waals surface area contributed by atoms with Crippen LogP contribution in [0.1, 0.15) is 59.3 Å². The molecule has 1 aliphatic rings. The average molecular weight is 269 g/mol. The van der Waals surface area contributed by atoms with Gasteiger partial charge in [0.25, 0.3) is 0 Å². The third kappa shape index (κ3) is 5.62. The van der Waals surface area contributed by atoms with Crippen molar-refractivity contribution in [2.24, 2.45) is 17.3 Å². The molecule has 19 heavy (non-hydrogen) atoms. The van der Waals surface area contributed by atoms with Crippen LogP contribution in [0.3, 0.4) is 0 Å². The fraction of sp³-hybridized carbons (Fsp3) is 0.867. The lowest BCUT2D eigenvalue weighted by Crippen LogP contribution is -2.39. The summed E-state index contributed by atoms with van der Waals surface area (Å²) >= 11 is 0. The highest BCUT2D eigenvalue weighted by Crippen LogP contribution is 2.29. The zero-order chi connectivity index (χ0) is 14.5. The number of carboxylic acid groups (broad SMARTS) is 1. The summed E-state index contributed by atoms with van der Waals surface area (Å²) in [5.41, 5.74) is -0.113. The first-order chi connectivity index (χ1) is 8.80. The molecule has 0 aromatic rings. The first-order valence-corrected chi connectivity index (χ1v) is 7.30. The summed E-state index contributed by atoms with van der Waals surface area (Å²) in [6, 6.07) is 0. The lowest BCUT2D eigenvalue weighted by Gasteiger charge is -2.30. The smallest absolute Gasteiger partial charge is 0.303 e. The lowest BCUT2D eigenvalue weighted by atomic mass is 9.78. The van der Waals surface area contributed by atoms with Crippen molar-refractivity contribution in [3.8, 4) is 0 Å². The Bertz CT molecular complexity index is 314. The molecule has 0 saturated heterocycles. The number of carbonyl (C=O) groups excluding carboxylic acids is 1. The van der Waals surface area contributed by atoms with Gasteiger partial charge in [0.05, 0.1) is 6.42 Å². The van der Waals surface area contributed by atoms with Gasteiger partial charge >= 0.3 is 5.97 Å². The molecule has 0 aromatic carbocycles. The van der Waals surface area contributed by atoms with E-state index in [1.807, 2.05) is 20.8 Å². The van der Waals surface area contributed by atoms with Crippen LogP contribution in [0.15, 0.2) is 0 Å². The number of aliphatic carboxylic acids is 1. The van der Waals surface area contributed by atoms with Gasteiger partial charge in [-0.3, -0.25) is 9.59 Å². The van der Waals surface area contributed by atoms with Gasteiger partial charge in [0.2, 0.25) is 5.91 Å². The normalized spacial score (nSPS) is 18.9. The summed E-state index contributed by atoms with van der Waals surface area (Å²) in [5.74, 6) is -0.581. The molecule has 0 radical (unpaired) electrons. The maximum absolute atomic E-state index is 12.1. The Morgan fingerprint density at radius 3 is 2.26 bits per heavy atom. The number of rotatable bonds is 5. The van der Waals surface area contributed by atoms with E-state index in [1.165, 1.54) is 6.42 Å². The van der Waals surface area contributed by atoms with Crippen molar-refractivity contribution < 1.29 is 14.7 Å². The van der Waals surface area contributed by atoms with Crippen LogP contribution in [-0.2, 0) is 9.59 Å². The van der Waals surface area contributed by atoms with Crippen molar-refractivity contribution in [3.63, 3.8) is 0 Å². The molecule has 4 nitrogen and oxygen atoms in total. The minimum atomic E-state index is -0.799. The van der Waals surface area contributed by atoms with E-state index in [-0.39, 0.29) is 29.6 Å². The molecule has 1 fully saturated rings. The largest absolute Gasteiger partial charge is 0.481 e. The Labute approximate surface area is 116 Å². The van der Waals surface area contributed by atoms with Crippen molar-refractivity contribution in [1.29, 1.82) is 0 Å². The molecule has 1 rings (SSSR count). The summed E-state index contributed by atoms with van der Waals surface area (Å²) in [6.45, 7) is 6.53. The second-order valence-electron chi connectivity index (χ2n) is 6.74. The fourth-order valence-corrected chi connectivity index (χ4v) is 2.63. The number of nitrogens with one attached hydrogen (secondary N) is 1. The van der Waals surface area contributed by atoms with E-state index in [0.717, 1.165) is 25.7 Å². The zero-order valence-corrected chi connectivity index (χ0v) is 12.4. The molecule has 110 valence electrons. The molecular weight excluding hydrogens is 242 g/mol. The van der Waals surface area contributed by atoms with Crippen LogP contribution in [-0.4, -0.2) is 23.5 Å². The van der Waals surface area contributed by atoms with Gasteiger partial charge in [0.15, 0.2) is 0 Å². The van der Waals surface area contributed by atoms with E-state index in [0.29, 0.717) is 6.54 Å². The predicted molar refractivity (Wildman–Crippen MR) is 74.8 cm³/mol. The SMILES string of the molecule is CC(C)(C)C(CNC(=O)C1CCCCC1)CC(=O)O. The standard InChI is InChI=1S/C15H27NO3/c1-15(2,3)12(9-13(17)18)10-16-14(19)11-7-5-4-6-8-11/h11-12H,4-10H2,1-3H3,(H,16,19)(H,17,18). The molecular formula is C15H27NO3. The molecule has 0 bridgehead atoms. The monoisotopic (exact) mass is 269 g/mol. The average Bonchev–Trinajstić information content (AvgIpc) is 2.33. The van der Waals surface area contributed by atoms with E-state index in [9.17, 15) is 9.59 Å². The van der Waals surface area contributed by atoms with Crippen LogP contribution in [0, 0.1) is 17.3 Å². The van der Waals surface area contributed by atoms with Gasteiger partial charge in [0, 0.05) is 12.5 Å². The van der Waals surface area contributed by atoms with Gasteiger partial charge in [-0.2, -0.15) is 0 Å². The molecule has 4 heteroatoms. The Morgan fingerprint density at radius 2 is 1.79 bits per heavy atom. The maximum Gasteiger partial charge on any atom is 0.303 e. The topological polar surface area (TPSA) is 66.4 Å². The summed E-state index contributed by atoms with van der Waals surface area (Å²) in [6.07, 6.45) is 5.56. The lowest BCUT2D eigenvalue weighted by molar-refractivity contribution is -0.139. The molecule has 1 saturated carbocycles. The van der Waals surface area contributed by atoms with Gasteiger partial charge < -0.3 is 10.4 Å². The van der Waals surface area contributed by atoms with Crippen molar-refractivity contribution in [3.05, 3.63) is 0 Å². The second kappa shape index (κ2) is 6.92. The minimum absolute atomic E-state index is 0.0301. The number of carboxylic acids is 1. The van der Waals surface area contributed by atoms with E-state index in [1.54, 1.807) is 0 Å². The van der Waals surface area contributed by atoms with Crippen molar-refractivity contribution >= 4 is 11.9 Å². The Balaban J connectivity index is 2.46. The number of carbonyl (C=O) groups is 2. The molecule has 2 N–H and O–H groups in total. The quantitative estimate of drug-likeness (QED) is 0.806. The molecule has 0 heterocycles.